The molecule has 0 radical (unpaired) electrons. The van der Waals surface area contributed by atoms with Crippen LogP contribution < -0.4 is 10.1 Å². The molecule has 3 rings (SSSR count). The van der Waals surface area contributed by atoms with Gasteiger partial charge in [-0.1, -0.05) is 12.1 Å². The van der Waals surface area contributed by atoms with Gasteiger partial charge in [0.15, 0.2) is 5.78 Å². The first-order valence-corrected chi connectivity index (χ1v) is 8.55. The van der Waals surface area contributed by atoms with Crippen molar-refractivity contribution in [2.75, 3.05) is 12.4 Å². The maximum Gasteiger partial charge on any atom is 0.248 e. The molecule has 1 aromatic heterocycles. The number of ketones is 1. The number of aryl methyl sites for hydroxylation is 1. The number of hydrogen-bond acceptors (Lipinski definition) is 4. The molecule has 1 heterocycles. The SMILES string of the molecule is COc1cc2occ(C)c2cc1/C(C)=C/C(=O)Nc1cccc(C(C)=O)c1. The lowest BCUT2D eigenvalue weighted by Crippen LogP contribution is -2.09. The van der Waals surface area contributed by atoms with Crippen molar-refractivity contribution in [2.45, 2.75) is 20.8 Å². The Morgan fingerprint density at radius 3 is 2.63 bits per heavy atom. The highest BCUT2D eigenvalue weighted by molar-refractivity contribution is 6.05. The van der Waals surface area contributed by atoms with Crippen LogP contribution in [0.3, 0.4) is 0 Å². The molecule has 0 fully saturated rings. The average Bonchev–Trinajstić information content (AvgIpc) is 3.00. The molecular weight excluding hydrogens is 342 g/mol. The fourth-order valence-electron chi connectivity index (χ4n) is 2.93. The van der Waals surface area contributed by atoms with Crippen LogP contribution in [0.4, 0.5) is 5.69 Å². The predicted molar refractivity (Wildman–Crippen MR) is 106 cm³/mol. The number of ether oxygens (including phenoxy) is 1. The lowest BCUT2D eigenvalue weighted by Gasteiger charge is -2.10. The number of rotatable bonds is 5. The summed E-state index contributed by atoms with van der Waals surface area (Å²) in [5, 5.41) is 3.77. The van der Waals surface area contributed by atoms with Crippen LogP contribution in [0.1, 0.15) is 35.3 Å². The van der Waals surface area contributed by atoms with E-state index in [2.05, 4.69) is 5.32 Å². The third-order valence-corrected chi connectivity index (χ3v) is 4.40. The summed E-state index contributed by atoms with van der Waals surface area (Å²) in [6.45, 7) is 5.31. The number of fused-ring (bicyclic) bond motifs is 1. The molecule has 0 bridgehead atoms. The van der Waals surface area contributed by atoms with E-state index in [0.29, 0.717) is 17.0 Å². The molecule has 138 valence electrons. The van der Waals surface area contributed by atoms with Crippen molar-refractivity contribution in [2.24, 2.45) is 0 Å². The molecule has 1 N–H and O–H groups in total. The van der Waals surface area contributed by atoms with Crippen LogP contribution in [0.2, 0.25) is 0 Å². The van der Waals surface area contributed by atoms with Crippen LogP contribution >= 0.6 is 0 Å². The van der Waals surface area contributed by atoms with E-state index in [0.717, 1.165) is 27.7 Å². The van der Waals surface area contributed by atoms with E-state index in [1.807, 2.05) is 26.0 Å². The molecule has 5 heteroatoms. The zero-order valence-corrected chi connectivity index (χ0v) is 15.8. The standard InChI is InChI=1S/C22H21NO4/c1-13(8-22(25)23-17-7-5-6-16(9-17)15(3)24)18-10-19-14(2)12-27-21(19)11-20(18)26-4/h5-12H,1-4H3,(H,23,25)/b13-8+. The number of allylic oxidation sites excluding steroid dienone is 1. The van der Waals surface area contributed by atoms with Crippen LogP contribution in [0.5, 0.6) is 5.75 Å². The van der Waals surface area contributed by atoms with Crippen molar-refractivity contribution in [3.63, 3.8) is 0 Å². The Labute approximate surface area is 157 Å². The maximum atomic E-state index is 12.4. The topological polar surface area (TPSA) is 68.5 Å². The third kappa shape index (κ3) is 3.92. The summed E-state index contributed by atoms with van der Waals surface area (Å²) in [6.07, 6.45) is 3.21. The minimum atomic E-state index is -0.278. The molecule has 1 amide bonds. The van der Waals surface area contributed by atoms with Gasteiger partial charge < -0.3 is 14.5 Å². The van der Waals surface area contributed by atoms with E-state index in [4.69, 9.17) is 9.15 Å². The zero-order valence-electron chi connectivity index (χ0n) is 15.8. The molecule has 0 aliphatic heterocycles. The molecule has 2 aromatic carbocycles. The molecule has 0 atom stereocenters. The number of hydrogen-bond donors (Lipinski definition) is 1. The maximum absolute atomic E-state index is 12.4. The number of Topliss-reactive ketones (excluding diaryl/α,β-unsaturated/α-hetero) is 1. The summed E-state index contributed by atoms with van der Waals surface area (Å²) >= 11 is 0. The van der Waals surface area contributed by atoms with Gasteiger partial charge in [0.2, 0.25) is 5.91 Å². The summed E-state index contributed by atoms with van der Waals surface area (Å²) in [5.41, 5.74) is 4.47. The molecule has 0 saturated heterocycles. The number of amides is 1. The molecule has 27 heavy (non-hydrogen) atoms. The van der Waals surface area contributed by atoms with Gasteiger partial charge in [0.1, 0.15) is 11.3 Å². The van der Waals surface area contributed by atoms with Crippen molar-refractivity contribution >= 4 is 33.9 Å². The Morgan fingerprint density at radius 1 is 1.15 bits per heavy atom. The number of anilines is 1. The molecule has 0 unspecified atom stereocenters. The van der Waals surface area contributed by atoms with Crippen molar-refractivity contribution in [1.82, 2.24) is 0 Å². The smallest absolute Gasteiger partial charge is 0.248 e. The number of carbonyl (C=O) groups excluding carboxylic acids is 2. The van der Waals surface area contributed by atoms with E-state index in [1.54, 1.807) is 37.6 Å². The summed E-state index contributed by atoms with van der Waals surface area (Å²) < 4.78 is 11.0. The van der Waals surface area contributed by atoms with Gasteiger partial charge in [-0.2, -0.15) is 0 Å². The van der Waals surface area contributed by atoms with Gasteiger partial charge in [-0.15, -0.1) is 0 Å². The van der Waals surface area contributed by atoms with Gasteiger partial charge in [0.25, 0.3) is 0 Å². The molecule has 0 saturated carbocycles. The van der Waals surface area contributed by atoms with E-state index in [9.17, 15) is 9.59 Å². The Bertz CT molecular complexity index is 1060. The molecule has 5 nitrogen and oxygen atoms in total. The van der Waals surface area contributed by atoms with Crippen LogP contribution in [0.15, 0.2) is 53.2 Å². The Kier molecular flexibility index (Phi) is 5.12. The van der Waals surface area contributed by atoms with Crippen LogP contribution in [0, 0.1) is 6.92 Å². The van der Waals surface area contributed by atoms with Gasteiger partial charge in [-0.3, -0.25) is 9.59 Å². The second kappa shape index (κ2) is 7.50. The summed E-state index contributed by atoms with van der Waals surface area (Å²) in [4.78, 5) is 23.9. The number of nitrogens with one attached hydrogen (secondary N) is 1. The lowest BCUT2D eigenvalue weighted by atomic mass is 10.0. The quantitative estimate of drug-likeness (QED) is 0.512. The second-order valence-electron chi connectivity index (χ2n) is 6.42. The Morgan fingerprint density at radius 2 is 1.93 bits per heavy atom. The summed E-state index contributed by atoms with van der Waals surface area (Å²) in [7, 11) is 1.58. The molecular formula is C22H21NO4. The van der Waals surface area contributed by atoms with Crippen LogP contribution in [-0.4, -0.2) is 18.8 Å². The lowest BCUT2D eigenvalue weighted by molar-refractivity contribution is -0.111. The van der Waals surface area contributed by atoms with Crippen molar-refractivity contribution in [3.05, 3.63) is 65.4 Å². The fraction of sp³-hybridized carbons (Fsp3) is 0.182. The Hall–Kier alpha value is -3.34. The Balaban J connectivity index is 1.89. The normalized spacial score (nSPS) is 11.5. The average molecular weight is 363 g/mol. The highest BCUT2D eigenvalue weighted by Crippen LogP contribution is 2.33. The third-order valence-electron chi connectivity index (χ3n) is 4.40. The molecule has 0 spiro atoms. The van der Waals surface area contributed by atoms with E-state index in [-0.39, 0.29) is 11.7 Å². The van der Waals surface area contributed by atoms with E-state index in [1.165, 1.54) is 13.0 Å². The number of carbonyl (C=O) groups is 2. The van der Waals surface area contributed by atoms with Crippen LogP contribution in [0.25, 0.3) is 16.5 Å². The summed E-state index contributed by atoms with van der Waals surface area (Å²) in [6, 6.07) is 10.6. The monoisotopic (exact) mass is 363 g/mol. The zero-order chi connectivity index (χ0) is 19.6. The number of methoxy groups -OCH3 is 1. The summed E-state index contributed by atoms with van der Waals surface area (Å²) in [5.74, 6) is 0.308. The molecule has 3 aromatic rings. The first-order chi connectivity index (χ1) is 12.9. The second-order valence-corrected chi connectivity index (χ2v) is 6.42. The minimum absolute atomic E-state index is 0.0497. The fourth-order valence-corrected chi connectivity index (χ4v) is 2.93. The van der Waals surface area contributed by atoms with Crippen molar-refractivity contribution in [1.29, 1.82) is 0 Å². The van der Waals surface area contributed by atoms with Gasteiger partial charge in [0.05, 0.1) is 13.4 Å². The van der Waals surface area contributed by atoms with Gasteiger partial charge in [-0.05, 0) is 50.1 Å². The van der Waals surface area contributed by atoms with Gasteiger partial charge >= 0.3 is 0 Å². The van der Waals surface area contributed by atoms with E-state index >= 15 is 0 Å². The van der Waals surface area contributed by atoms with Gasteiger partial charge in [0, 0.05) is 34.3 Å². The first-order valence-electron chi connectivity index (χ1n) is 8.55. The van der Waals surface area contributed by atoms with Gasteiger partial charge in [-0.25, -0.2) is 0 Å². The first kappa shape index (κ1) is 18.5. The van der Waals surface area contributed by atoms with Crippen LogP contribution in [-0.2, 0) is 4.79 Å². The molecule has 0 aliphatic rings. The largest absolute Gasteiger partial charge is 0.496 e. The number of furan rings is 1. The van der Waals surface area contributed by atoms with E-state index < -0.39 is 0 Å². The molecule has 0 aliphatic carbocycles. The highest BCUT2D eigenvalue weighted by atomic mass is 16.5. The predicted octanol–water partition coefficient (Wildman–Crippen LogP) is 4.99. The minimum Gasteiger partial charge on any atom is -0.496 e. The van der Waals surface area contributed by atoms with Crippen molar-refractivity contribution < 1.29 is 18.7 Å². The van der Waals surface area contributed by atoms with Crippen molar-refractivity contribution in [3.8, 4) is 5.75 Å². The highest BCUT2D eigenvalue weighted by Gasteiger charge is 2.12. The number of benzene rings is 2.